The Morgan fingerprint density at radius 2 is 2.26 bits per heavy atom. The number of hydrogen-bond acceptors (Lipinski definition) is 4. The first-order valence-electron chi connectivity index (χ1n) is 6.48. The number of aliphatic hydroxyl groups is 1. The first-order valence-corrected chi connectivity index (χ1v) is 7.46. The van der Waals surface area contributed by atoms with Crippen LogP contribution in [0.4, 0.5) is 0 Å². The largest absolute Gasteiger partial charge is 0.389 e. The summed E-state index contributed by atoms with van der Waals surface area (Å²) < 4.78 is 1.95. The van der Waals surface area contributed by atoms with Crippen molar-refractivity contribution in [3.05, 3.63) is 42.0 Å². The van der Waals surface area contributed by atoms with E-state index < -0.39 is 6.10 Å². The third-order valence-electron chi connectivity index (χ3n) is 2.84. The van der Waals surface area contributed by atoms with E-state index in [9.17, 15) is 5.11 Å². The van der Waals surface area contributed by atoms with Gasteiger partial charge in [0.15, 0.2) is 0 Å². The highest BCUT2D eigenvalue weighted by Gasteiger charge is 2.06. The summed E-state index contributed by atoms with van der Waals surface area (Å²) in [5.41, 5.74) is 0.944. The molecule has 0 fully saturated rings. The number of nitrogens with zero attached hydrogens (tertiary/aromatic N) is 3. The topological polar surface area (TPSA) is 50.9 Å². The average Bonchev–Trinajstić information content (AvgIpc) is 2.85. The van der Waals surface area contributed by atoms with E-state index in [-0.39, 0.29) is 0 Å². The lowest BCUT2D eigenvalue weighted by molar-refractivity contribution is 0.199. The van der Waals surface area contributed by atoms with Gasteiger partial charge in [0.1, 0.15) is 12.2 Å². The number of benzene rings is 1. The number of aryl methyl sites for hydroxylation is 1. The molecular weight excluding hydrogens is 258 g/mol. The lowest BCUT2D eigenvalue weighted by Crippen LogP contribution is -2.04. The van der Waals surface area contributed by atoms with Crippen molar-refractivity contribution in [3.8, 4) is 0 Å². The van der Waals surface area contributed by atoms with Gasteiger partial charge in [0, 0.05) is 11.4 Å². The predicted molar refractivity (Wildman–Crippen MR) is 76.9 cm³/mol. The van der Waals surface area contributed by atoms with Gasteiger partial charge < -0.3 is 5.11 Å². The van der Waals surface area contributed by atoms with Gasteiger partial charge in [-0.1, -0.05) is 19.1 Å². The summed E-state index contributed by atoms with van der Waals surface area (Å²) >= 11 is 1.72. The van der Waals surface area contributed by atoms with E-state index in [0.29, 0.717) is 0 Å². The second kappa shape index (κ2) is 6.73. The molecule has 1 aromatic heterocycles. The van der Waals surface area contributed by atoms with Crippen LogP contribution in [-0.2, 0) is 12.3 Å². The Labute approximate surface area is 117 Å². The maximum atomic E-state index is 9.58. The summed E-state index contributed by atoms with van der Waals surface area (Å²) in [5.74, 6) is 1.79. The Bertz CT molecular complexity index is 525. The Kier molecular flexibility index (Phi) is 4.99. The summed E-state index contributed by atoms with van der Waals surface area (Å²) in [7, 11) is 0. The summed E-state index contributed by atoms with van der Waals surface area (Å²) in [4.78, 5) is 5.43. The Balaban J connectivity index is 2.02. The van der Waals surface area contributed by atoms with Crippen molar-refractivity contribution in [1.82, 2.24) is 14.8 Å². The Morgan fingerprint density at radius 1 is 1.42 bits per heavy atom. The molecule has 1 N–H and O–H groups in total. The van der Waals surface area contributed by atoms with Crippen LogP contribution in [0.5, 0.6) is 0 Å². The van der Waals surface area contributed by atoms with Gasteiger partial charge in [-0.05, 0) is 31.0 Å². The van der Waals surface area contributed by atoms with Crippen LogP contribution in [0.1, 0.15) is 37.8 Å². The quantitative estimate of drug-likeness (QED) is 0.825. The average molecular weight is 277 g/mol. The summed E-state index contributed by atoms with van der Waals surface area (Å²) in [6.45, 7) is 4.82. The predicted octanol–water partition coefficient (Wildman–Crippen LogP) is 3.03. The van der Waals surface area contributed by atoms with Gasteiger partial charge in [0.2, 0.25) is 0 Å². The molecule has 0 radical (unpaired) electrons. The Morgan fingerprint density at radius 3 is 3.00 bits per heavy atom. The lowest BCUT2D eigenvalue weighted by Gasteiger charge is -2.08. The minimum Gasteiger partial charge on any atom is -0.389 e. The molecule has 0 spiro atoms. The van der Waals surface area contributed by atoms with E-state index in [1.54, 1.807) is 25.0 Å². The molecule has 2 rings (SSSR count). The van der Waals surface area contributed by atoms with Crippen molar-refractivity contribution in [2.75, 3.05) is 0 Å². The fraction of sp³-hybridized carbons (Fsp3) is 0.429. The number of hydrogen-bond donors (Lipinski definition) is 1. The molecule has 1 aromatic carbocycles. The normalized spacial score (nSPS) is 12.6. The molecule has 19 heavy (non-hydrogen) atoms. The molecule has 102 valence electrons. The number of thioether (sulfide) groups is 1. The summed E-state index contributed by atoms with van der Waals surface area (Å²) in [6.07, 6.45) is 2.24. The van der Waals surface area contributed by atoms with E-state index in [2.05, 4.69) is 23.1 Å². The molecule has 0 saturated heterocycles. The SMILES string of the molecule is CCCn1ncnc1CSc1cccc(C(C)O)c1. The van der Waals surface area contributed by atoms with Gasteiger partial charge in [-0.3, -0.25) is 0 Å². The van der Waals surface area contributed by atoms with Crippen molar-refractivity contribution in [2.45, 2.75) is 43.6 Å². The third-order valence-corrected chi connectivity index (χ3v) is 3.83. The van der Waals surface area contributed by atoms with Crippen molar-refractivity contribution >= 4 is 11.8 Å². The molecule has 4 nitrogen and oxygen atoms in total. The highest BCUT2D eigenvalue weighted by atomic mass is 32.2. The fourth-order valence-electron chi connectivity index (χ4n) is 1.81. The molecule has 1 unspecified atom stereocenters. The van der Waals surface area contributed by atoms with Crippen molar-refractivity contribution in [3.63, 3.8) is 0 Å². The smallest absolute Gasteiger partial charge is 0.138 e. The number of aliphatic hydroxyl groups excluding tert-OH is 1. The van der Waals surface area contributed by atoms with Crippen LogP contribution in [-0.4, -0.2) is 19.9 Å². The zero-order valence-corrected chi connectivity index (χ0v) is 12.1. The zero-order valence-electron chi connectivity index (χ0n) is 11.3. The van der Waals surface area contributed by atoms with Crippen LogP contribution in [0.3, 0.4) is 0 Å². The monoisotopic (exact) mass is 277 g/mol. The van der Waals surface area contributed by atoms with Crippen LogP contribution in [0.15, 0.2) is 35.5 Å². The van der Waals surface area contributed by atoms with Crippen LogP contribution in [0, 0.1) is 0 Å². The van der Waals surface area contributed by atoms with E-state index in [4.69, 9.17) is 0 Å². The molecule has 0 aliphatic heterocycles. The highest BCUT2D eigenvalue weighted by Crippen LogP contribution is 2.24. The van der Waals surface area contributed by atoms with E-state index in [1.165, 1.54) is 0 Å². The van der Waals surface area contributed by atoms with E-state index in [0.717, 1.165) is 35.0 Å². The number of aromatic nitrogens is 3. The molecule has 0 saturated carbocycles. The van der Waals surface area contributed by atoms with Crippen molar-refractivity contribution in [2.24, 2.45) is 0 Å². The summed E-state index contributed by atoms with van der Waals surface area (Å²) in [6, 6.07) is 7.99. The number of rotatable bonds is 6. The molecule has 2 aromatic rings. The van der Waals surface area contributed by atoms with Gasteiger partial charge in [0.05, 0.1) is 11.9 Å². The van der Waals surface area contributed by atoms with Crippen molar-refractivity contribution in [1.29, 1.82) is 0 Å². The fourth-order valence-corrected chi connectivity index (χ4v) is 2.72. The third kappa shape index (κ3) is 3.81. The van der Waals surface area contributed by atoms with Gasteiger partial charge in [-0.15, -0.1) is 11.8 Å². The minimum absolute atomic E-state index is 0.427. The maximum absolute atomic E-state index is 9.58. The van der Waals surface area contributed by atoms with Crippen molar-refractivity contribution < 1.29 is 5.11 Å². The van der Waals surface area contributed by atoms with Gasteiger partial charge in [-0.25, -0.2) is 9.67 Å². The standard InChI is InChI=1S/C14H19N3OS/c1-3-7-17-14(15-10-16-17)9-19-13-6-4-5-12(8-13)11(2)18/h4-6,8,10-11,18H,3,7,9H2,1-2H3. The second-order valence-electron chi connectivity index (χ2n) is 4.44. The van der Waals surface area contributed by atoms with Gasteiger partial charge >= 0.3 is 0 Å². The molecule has 1 heterocycles. The Hall–Kier alpha value is -1.33. The molecule has 5 heteroatoms. The molecule has 0 bridgehead atoms. The first kappa shape index (κ1) is 14.1. The first-order chi connectivity index (χ1) is 9.20. The van der Waals surface area contributed by atoms with Crippen LogP contribution >= 0.6 is 11.8 Å². The maximum Gasteiger partial charge on any atom is 0.138 e. The summed E-state index contributed by atoms with van der Waals surface area (Å²) in [5, 5.41) is 13.8. The van der Waals surface area contributed by atoms with E-state index >= 15 is 0 Å². The van der Waals surface area contributed by atoms with E-state index in [1.807, 2.05) is 22.9 Å². The van der Waals surface area contributed by atoms with Gasteiger partial charge in [-0.2, -0.15) is 5.10 Å². The van der Waals surface area contributed by atoms with Gasteiger partial charge in [0.25, 0.3) is 0 Å². The van der Waals surface area contributed by atoms with Crippen LogP contribution in [0.25, 0.3) is 0 Å². The lowest BCUT2D eigenvalue weighted by atomic mass is 10.1. The second-order valence-corrected chi connectivity index (χ2v) is 5.49. The van der Waals surface area contributed by atoms with Crippen LogP contribution < -0.4 is 0 Å². The minimum atomic E-state index is -0.427. The highest BCUT2D eigenvalue weighted by molar-refractivity contribution is 7.98. The molecule has 1 atom stereocenters. The molecule has 0 aliphatic rings. The molecular formula is C14H19N3OS. The van der Waals surface area contributed by atoms with Crippen LogP contribution in [0.2, 0.25) is 0 Å². The molecule has 0 amide bonds. The molecule has 0 aliphatic carbocycles. The zero-order chi connectivity index (χ0) is 13.7.